The molecule has 5 nitrogen and oxygen atoms in total. The number of hydrogen-bond acceptors (Lipinski definition) is 5. The van der Waals surface area contributed by atoms with Crippen LogP contribution in [0.2, 0.25) is 5.15 Å². The number of amides is 1. The SMILES string of the molecule is CC1CCN(c2cc(Cl)nc(SCc3cccc(C(=O)NCCc4ccccc4)c3)n2)CC1. The fraction of sp³-hybridized carbons (Fsp3) is 0.346. The van der Waals surface area contributed by atoms with Crippen molar-refractivity contribution < 1.29 is 4.79 Å². The summed E-state index contributed by atoms with van der Waals surface area (Å²) in [6.07, 6.45) is 3.15. The third-order valence-electron chi connectivity index (χ3n) is 5.87. The van der Waals surface area contributed by atoms with Crippen LogP contribution >= 0.6 is 23.4 Å². The van der Waals surface area contributed by atoms with Crippen molar-refractivity contribution in [3.05, 3.63) is 82.5 Å². The van der Waals surface area contributed by atoms with Gasteiger partial charge in [-0.3, -0.25) is 4.79 Å². The van der Waals surface area contributed by atoms with Gasteiger partial charge in [0, 0.05) is 37.0 Å². The topological polar surface area (TPSA) is 58.1 Å². The quantitative estimate of drug-likeness (QED) is 0.257. The molecule has 1 aliphatic heterocycles. The first kappa shape index (κ1) is 23.6. The highest BCUT2D eigenvalue weighted by Crippen LogP contribution is 2.27. The Labute approximate surface area is 205 Å². The fourth-order valence-electron chi connectivity index (χ4n) is 3.87. The molecular weight excluding hydrogens is 452 g/mol. The highest BCUT2D eigenvalue weighted by Gasteiger charge is 2.18. The maximum absolute atomic E-state index is 12.6. The zero-order valence-corrected chi connectivity index (χ0v) is 20.4. The van der Waals surface area contributed by atoms with Crippen LogP contribution in [0.4, 0.5) is 5.82 Å². The van der Waals surface area contributed by atoms with Gasteiger partial charge >= 0.3 is 0 Å². The minimum absolute atomic E-state index is 0.0570. The number of halogens is 1. The number of hydrogen-bond donors (Lipinski definition) is 1. The Morgan fingerprint density at radius 1 is 1.06 bits per heavy atom. The number of aromatic nitrogens is 2. The predicted molar refractivity (Wildman–Crippen MR) is 136 cm³/mol. The molecule has 1 fully saturated rings. The molecule has 7 heteroatoms. The maximum atomic E-state index is 12.6. The second kappa shape index (κ2) is 11.5. The minimum Gasteiger partial charge on any atom is -0.356 e. The molecule has 0 saturated carbocycles. The summed E-state index contributed by atoms with van der Waals surface area (Å²) in [6, 6.07) is 19.7. The number of piperidine rings is 1. The van der Waals surface area contributed by atoms with Crippen molar-refractivity contribution in [2.45, 2.75) is 37.1 Å². The van der Waals surface area contributed by atoms with Crippen LogP contribution in [0.3, 0.4) is 0 Å². The van der Waals surface area contributed by atoms with E-state index in [9.17, 15) is 4.79 Å². The maximum Gasteiger partial charge on any atom is 0.251 e. The highest BCUT2D eigenvalue weighted by atomic mass is 35.5. The first-order valence-corrected chi connectivity index (χ1v) is 12.8. The monoisotopic (exact) mass is 480 g/mol. The van der Waals surface area contributed by atoms with Crippen molar-refractivity contribution in [2.75, 3.05) is 24.5 Å². The van der Waals surface area contributed by atoms with Crippen molar-refractivity contribution in [3.8, 4) is 0 Å². The van der Waals surface area contributed by atoms with Crippen LogP contribution in [0.1, 0.15) is 41.3 Å². The van der Waals surface area contributed by atoms with Crippen molar-refractivity contribution in [1.29, 1.82) is 0 Å². The lowest BCUT2D eigenvalue weighted by Crippen LogP contribution is -2.33. The molecule has 0 unspecified atom stereocenters. The molecule has 172 valence electrons. The third kappa shape index (κ3) is 6.95. The Morgan fingerprint density at radius 3 is 2.61 bits per heavy atom. The van der Waals surface area contributed by atoms with E-state index in [2.05, 4.69) is 34.3 Å². The van der Waals surface area contributed by atoms with Crippen LogP contribution in [0.5, 0.6) is 0 Å². The Morgan fingerprint density at radius 2 is 1.82 bits per heavy atom. The zero-order chi connectivity index (χ0) is 23.0. The molecule has 1 aromatic heterocycles. The van der Waals surface area contributed by atoms with E-state index in [0.29, 0.717) is 28.2 Å². The van der Waals surface area contributed by atoms with Gasteiger partial charge in [0.15, 0.2) is 5.16 Å². The minimum atomic E-state index is -0.0570. The van der Waals surface area contributed by atoms with Crippen LogP contribution in [-0.2, 0) is 12.2 Å². The number of benzene rings is 2. The third-order valence-corrected chi connectivity index (χ3v) is 6.98. The predicted octanol–water partition coefficient (Wildman–Crippen LogP) is 5.63. The number of thioether (sulfide) groups is 1. The normalized spacial score (nSPS) is 14.3. The number of carbonyl (C=O) groups excluding carboxylic acids is 1. The molecule has 2 heterocycles. The molecule has 0 radical (unpaired) electrons. The average Bonchev–Trinajstić information content (AvgIpc) is 2.84. The summed E-state index contributed by atoms with van der Waals surface area (Å²) in [7, 11) is 0. The van der Waals surface area contributed by atoms with Gasteiger partial charge < -0.3 is 10.2 Å². The molecule has 1 aliphatic rings. The smallest absolute Gasteiger partial charge is 0.251 e. The van der Waals surface area contributed by atoms with Gasteiger partial charge in [-0.25, -0.2) is 9.97 Å². The zero-order valence-electron chi connectivity index (χ0n) is 18.8. The summed E-state index contributed by atoms with van der Waals surface area (Å²) in [4.78, 5) is 24.0. The van der Waals surface area contributed by atoms with Crippen LogP contribution in [0, 0.1) is 5.92 Å². The lowest BCUT2D eigenvalue weighted by molar-refractivity contribution is 0.0954. The van der Waals surface area contributed by atoms with E-state index in [-0.39, 0.29) is 5.91 Å². The van der Waals surface area contributed by atoms with E-state index in [4.69, 9.17) is 16.6 Å². The van der Waals surface area contributed by atoms with Gasteiger partial charge in [-0.2, -0.15) is 0 Å². The standard InChI is InChI=1S/C26H29ClN4OS/c1-19-11-14-31(15-12-19)24-17-23(27)29-26(30-24)33-18-21-8-5-9-22(16-21)25(32)28-13-10-20-6-3-2-4-7-20/h2-9,16-17,19H,10-15,18H2,1H3,(H,28,32). The van der Waals surface area contributed by atoms with Gasteiger partial charge in [-0.15, -0.1) is 0 Å². The second-order valence-corrected chi connectivity index (χ2v) is 9.81. The number of anilines is 1. The Bertz CT molecular complexity index is 1070. The largest absolute Gasteiger partial charge is 0.356 e. The molecule has 1 amide bonds. The number of nitrogens with zero attached hydrogens (tertiary/aromatic N) is 3. The van der Waals surface area contributed by atoms with E-state index >= 15 is 0 Å². The lowest BCUT2D eigenvalue weighted by Gasteiger charge is -2.31. The van der Waals surface area contributed by atoms with E-state index in [1.807, 2.05) is 48.5 Å². The summed E-state index contributed by atoms with van der Waals surface area (Å²) in [5, 5.41) is 4.14. The van der Waals surface area contributed by atoms with E-state index in [0.717, 1.165) is 36.8 Å². The molecule has 33 heavy (non-hydrogen) atoms. The van der Waals surface area contributed by atoms with Gasteiger partial charge in [0.1, 0.15) is 11.0 Å². The Balaban J connectivity index is 1.33. The van der Waals surface area contributed by atoms with E-state index in [1.165, 1.54) is 30.2 Å². The average molecular weight is 481 g/mol. The van der Waals surface area contributed by atoms with Crippen LogP contribution in [-0.4, -0.2) is 35.5 Å². The highest BCUT2D eigenvalue weighted by molar-refractivity contribution is 7.98. The van der Waals surface area contributed by atoms with E-state index in [1.54, 1.807) is 0 Å². The van der Waals surface area contributed by atoms with Crippen LogP contribution in [0.25, 0.3) is 0 Å². The van der Waals surface area contributed by atoms with Gasteiger partial charge in [-0.05, 0) is 48.4 Å². The molecule has 1 saturated heterocycles. The number of rotatable bonds is 8. The first-order chi connectivity index (χ1) is 16.1. The molecule has 0 bridgehead atoms. The summed E-state index contributed by atoms with van der Waals surface area (Å²) >= 11 is 7.83. The molecule has 3 aromatic rings. The Kier molecular flexibility index (Phi) is 8.24. The molecule has 0 spiro atoms. The molecule has 4 rings (SSSR count). The molecule has 0 atom stereocenters. The number of carbonyl (C=O) groups is 1. The van der Waals surface area contributed by atoms with E-state index < -0.39 is 0 Å². The molecule has 1 N–H and O–H groups in total. The van der Waals surface area contributed by atoms with Gasteiger partial charge in [0.25, 0.3) is 5.91 Å². The summed E-state index contributed by atoms with van der Waals surface area (Å²) < 4.78 is 0. The lowest BCUT2D eigenvalue weighted by atomic mass is 9.99. The van der Waals surface area contributed by atoms with Gasteiger partial charge in [-0.1, -0.05) is 72.8 Å². The fourth-order valence-corrected chi connectivity index (χ4v) is 4.89. The van der Waals surface area contributed by atoms with Gasteiger partial charge in [0.05, 0.1) is 0 Å². The first-order valence-electron chi connectivity index (χ1n) is 11.4. The van der Waals surface area contributed by atoms with Gasteiger partial charge in [0.2, 0.25) is 0 Å². The van der Waals surface area contributed by atoms with Crippen LogP contribution < -0.4 is 10.2 Å². The molecular formula is C26H29ClN4OS. The summed E-state index contributed by atoms with van der Waals surface area (Å²) in [5.74, 6) is 2.27. The Hall–Kier alpha value is -2.57. The molecule has 0 aliphatic carbocycles. The van der Waals surface area contributed by atoms with Crippen molar-refractivity contribution in [3.63, 3.8) is 0 Å². The second-order valence-electron chi connectivity index (χ2n) is 8.48. The van der Waals surface area contributed by atoms with Crippen molar-refractivity contribution >= 4 is 35.1 Å². The molecule has 2 aromatic carbocycles. The van der Waals surface area contributed by atoms with Crippen molar-refractivity contribution in [1.82, 2.24) is 15.3 Å². The van der Waals surface area contributed by atoms with Crippen LogP contribution in [0.15, 0.2) is 65.8 Å². The van der Waals surface area contributed by atoms with Crippen molar-refractivity contribution in [2.24, 2.45) is 5.92 Å². The summed E-state index contributed by atoms with van der Waals surface area (Å²) in [5.41, 5.74) is 2.92. The number of nitrogens with one attached hydrogen (secondary N) is 1. The summed E-state index contributed by atoms with van der Waals surface area (Å²) in [6.45, 7) is 4.90.